The lowest BCUT2D eigenvalue weighted by Gasteiger charge is -2.40. The van der Waals surface area contributed by atoms with E-state index >= 15 is 0 Å². The maximum Gasteiger partial charge on any atom is 0.417 e. The molecule has 1 amide bonds. The highest BCUT2D eigenvalue weighted by Crippen LogP contribution is 2.30. The van der Waals surface area contributed by atoms with Gasteiger partial charge in [0.15, 0.2) is 5.82 Å². The Labute approximate surface area is 189 Å². The topological polar surface area (TPSA) is 71.0 Å². The minimum atomic E-state index is -4.43. The van der Waals surface area contributed by atoms with Crippen LogP contribution >= 0.6 is 0 Å². The standard InChI is InChI=1S/C24H24F3N5O/c1-16-6-4-13-32(20(16)15-31-21-10-9-17(14-30-21)24(25,26)27)23(33)19-8-3-2-7-18(19)22-28-11-5-12-29-22/h2-3,5,7-12,14,16,20H,4,6,13,15H2,1H3,(H,30,31). The van der Waals surface area contributed by atoms with Crippen LogP contribution in [0.2, 0.25) is 0 Å². The predicted octanol–water partition coefficient (Wildman–Crippen LogP) is 4.91. The molecule has 4 rings (SSSR count). The monoisotopic (exact) mass is 455 g/mol. The van der Waals surface area contributed by atoms with Crippen LogP contribution in [0, 0.1) is 5.92 Å². The second-order valence-electron chi connectivity index (χ2n) is 8.11. The van der Waals surface area contributed by atoms with Gasteiger partial charge >= 0.3 is 6.18 Å². The fourth-order valence-electron chi connectivity index (χ4n) is 4.15. The first-order chi connectivity index (χ1) is 15.8. The van der Waals surface area contributed by atoms with Crippen molar-refractivity contribution >= 4 is 11.7 Å². The molecule has 2 atom stereocenters. The number of benzene rings is 1. The Morgan fingerprint density at radius 3 is 2.55 bits per heavy atom. The Balaban J connectivity index is 1.54. The van der Waals surface area contributed by atoms with Gasteiger partial charge in [-0.2, -0.15) is 13.2 Å². The smallest absolute Gasteiger partial charge is 0.368 e. The number of nitrogens with one attached hydrogen (secondary N) is 1. The number of nitrogens with zero attached hydrogens (tertiary/aromatic N) is 4. The average molecular weight is 455 g/mol. The molecule has 3 heterocycles. The van der Waals surface area contributed by atoms with Crippen molar-refractivity contribution in [2.45, 2.75) is 32.0 Å². The minimum Gasteiger partial charge on any atom is -0.368 e. The van der Waals surface area contributed by atoms with Gasteiger partial charge in [0, 0.05) is 37.2 Å². The molecule has 9 heteroatoms. The van der Waals surface area contributed by atoms with Crippen molar-refractivity contribution in [2.24, 2.45) is 5.92 Å². The number of anilines is 1. The fraction of sp³-hybridized carbons (Fsp3) is 0.333. The molecule has 6 nitrogen and oxygen atoms in total. The van der Waals surface area contributed by atoms with E-state index in [4.69, 9.17) is 0 Å². The first-order valence-corrected chi connectivity index (χ1v) is 10.8. The third-order valence-corrected chi connectivity index (χ3v) is 5.92. The molecule has 1 aromatic carbocycles. The molecule has 2 unspecified atom stereocenters. The molecule has 33 heavy (non-hydrogen) atoms. The Morgan fingerprint density at radius 2 is 1.85 bits per heavy atom. The van der Waals surface area contributed by atoms with E-state index in [-0.39, 0.29) is 17.9 Å². The van der Waals surface area contributed by atoms with Crippen molar-refractivity contribution in [2.75, 3.05) is 18.4 Å². The highest BCUT2D eigenvalue weighted by molar-refractivity contribution is 6.00. The molecule has 0 spiro atoms. The van der Waals surface area contributed by atoms with Gasteiger partial charge in [-0.15, -0.1) is 0 Å². The maximum absolute atomic E-state index is 13.6. The number of halogens is 3. The zero-order valence-electron chi connectivity index (χ0n) is 18.1. The number of hydrogen-bond acceptors (Lipinski definition) is 5. The van der Waals surface area contributed by atoms with E-state index in [2.05, 4.69) is 27.2 Å². The van der Waals surface area contributed by atoms with Crippen LogP contribution < -0.4 is 5.32 Å². The molecule has 0 radical (unpaired) electrons. The van der Waals surface area contributed by atoms with Gasteiger partial charge in [0.1, 0.15) is 5.82 Å². The Hall–Kier alpha value is -3.49. The lowest BCUT2D eigenvalue weighted by atomic mass is 9.89. The van der Waals surface area contributed by atoms with Gasteiger partial charge in [-0.3, -0.25) is 4.79 Å². The number of aromatic nitrogens is 3. The summed E-state index contributed by atoms with van der Waals surface area (Å²) in [6.45, 7) is 3.06. The average Bonchev–Trinajstić information content (AvgIpc) is 2.83. The minimum absolute atomic E-state index is 0.114. The molecule has 3 aromatic rings. The van der Waals surface area contributed by atoms with E-state index in [1.165, 1.54) is 6.07 Å². The van der Waals surface area contributed by atoms with Gasteiger partial charge in [0.2, 0.25) is 0 Å². The molecule has 0 bridgehead atoms. The molecule has 1 saturated heterocycles. The largest absolute Gasteiger partial charge is 0.417 e. The molecular formula is C24H24F3N5O. The number of rotatable bonds is 5. The molecule has 1 aliphatic heterocycles. The van der Waals surface area contributed by atoms with Gasteiger partial charge in [0.05, 0.1) is 17.2 Å². The van der Waals surface area contributed by atoms with Gasteiger partial charge in [-0.25, -0.2) is 15.0 Å². The summed E-state index contributed by atoms with van der Waals surface area (Å²) in [4.78, 5) is 27.9. The summed E-state index contributed by atoms with van der Waals surface area (Å²) in [5.74, 6) is 0.919. The molecule has 1 N–H and O–H groups in total. The zero-order chi connectivity index (χ0) is 23.4. The number of piperidine rings is 1. The van der Waals surface area contributed by atoms with Crippen LogP contribution in [-0.4, -0.2) is 44.9 Å². The Morgan fingerprint density at radius 1 is 1.09 bits per heavy atom. The van der Waals surface area contributed by atoms with Crippen LogP contribution in [0.4, 0.5) is 19.0 Å². The number of carbonyl (C=O) groups is 1. The lowest BCUT2D eigenvalue weighted by Crippen LogP contribution is -2.51. The van der Waals surface area contributed by atoms with Crippen molar-refractivity contribution in [3.8, 4) is 11.4 Å². The summed E-state index contributed by atoms with van der Waals surface area (Å²) in [6.07, 6.45) is 1.49. The normalized spacial score (nSPS) is 18.7. The molecular weight excluding hydrogens is 431 g/mol. The number of pyridine rings is 1. The van der Waals surface area contributed by atoms with Gasteiger partial charge in [-0.05, 0) is 43.0 Å². The number of alkyl halides is 3. The van der Waals surface area contributed by atoms with Crippen molar-refractivity contribution in [3.05, 3.63) is 72.2 Å². The van der Waals surface area contributed by atoms with Crippen molar-refractivity contribution in [3.63, 3.8) is 0 Å². The third-order valence-electron chi connectivity index (χ3n) is 5.92. The second-order valence-corrected chi connectivity index (χ2v) is 8.11. The Kier molecular flexibility index (Phi) is 6.57. The quantitative estimate of drug-likeness (QED) is 0.592. The summed E-state index contributed by atoms with van der Waals surface area (Å²) in [5.41, 5.74) is 0.392. The molecule has 2 aromatic heterocycles. The van der Waals surface area contributed by atoms with Crippen LogP contribution in [0.25, 0.3) is 11.4 Å². The summed E-state index contributed by atoms with van der Waals surface area (Å²) < 4.78 is 38.4. The maximum atomic E-state index is 13.6. The molecule has 172 valence electrons. The highest BCUT2D eigenvalue weighted by atomic mass is 19.4. The van der Waals surface area contributed by atoms with Crippen LogP contribution in [-0.2, 0) is 6.18 Å². The van der Waals surface area contributed by atoms with Crippen molar-refractivity contribution < 1.29 is 18.0 Å². The number of likely N-dealkylation sites (tertiary alicyclic amines) is 1. The van der Waals surface area contributed by atoms with E-state index < -0.39 is 11.7 Å². The van der Waals surface area contributed by atoms with Crippen LogP contribution in [0.3, 0.4) is 0 Å². The van der Waals surface area contributed by atoms with E-state index in [9.17, 15) is 18.0 Å². The molecule has 0 saturated carbocycles. The van der Waals surface area contributed by atoms with Gasteiger partial charge in [-0.1, -0.05) is 25.1 Å². The van der Waals surface area contributed by atoms with Crippen LogP contribution in [0.15, 0.2) is 61.1 Å². The molecule has 1 aliphatic rings. The highest BCUT2D eigenvalue weighted by Gasteiger charge is 2.34. The fourth-order valence-corrected chi connectivity index (χ4v) is 4.15. The molecule has 0 aliphatic carbocycles. The van der Waals surface area contributed by atoms with E-state index in [0.29, 0.717) is 35.9 Å². The molecule has 1 fully saturated rings. The zero-order valence-corrected chi connectivity index (χ0v) is 18.1. The number of hydrogen-bond donors (Lipinski definition) is 1. The first-order valence-electron chi connectivity index (χ1n) is 10.8. The van der Waals surface area contributed by atoms with Crippen LogP contribution in [0.5, 0.6) is 0 Å². The van der Waals surface area contributed by atoms with Gasteiger partial charge < -0.3 is 10.2 Å². The van der Waals surface area contributed by atoms with Crippen molar-refractivity contribution in [1.82, 2.24) is 19.9 Å². The summed E-state index contributed by atoms with van der Waals surface area (Å²) in [6, 6.07) is 11.1. The second kappa shape index (κ2) is 9.56. The van der Waals surface area contributed by atoms with Crippen LogP contribution in [0.1, 0.15) is 35.7 Å². The lowest BCUT2D eigenvalue weighted by molar-refractivity contribution is -0.137. The predicted molar refractivity (Wildman–Crippen MR) is 118 cm³/mol. The first kappa shape index (κ1) is 22.7. The SMILES string of the molecule is CC1CCCN(C(=O)c2ccccc2-c2ncccn2)C1CNc1ccc(C(F)(F)F)cn1. The van der Waals surface area contributed by atoms with Gasteiger partial charge in [0.25, 0.3) is 5.91 Å². The number of carbonyl (C=O) groups excluding carboxylic acids is 1. The van der Waals surface area contributed by atoms with E-state index in [0.717, 1.165) is 25.1 Å². The summed E-state index contributed by atoms with van der Waals surface area (Å²) in [7, 11) is 0. The van der Waals surface area contributed by atoms with E-state index in [1.54, 1.807) is 24.5 Å². The third kappa shape index (κ3) is 5.13. The summed E-state index contributed by atoms with van der Waals surface area (Å²) in [5, 5.41) is 3.11. The number of amides is 1. The summed E-state index contributed by atoms with van der Waals surface area (Å²) >= 11 is 0. The van der Waals surface area contributed by atoms with E-state index in [1.807, 2.05) is 23.1 Å². The Bertz CT molecular complexity index is 1090. The van der Waals surface area contributed by atoms with Crippen molar-refractivity contribution in [1.29, 1.82) is 0 Å².